The second-order valence-corrected chi connectivity index (χ2v) is 4.17. The van der Waals surface area contributed by atoms with Gasteiger partial charge in [-0.15, -0.1) is 0 Å². The normalized spacial score (nSPS) is 10.3. The molecule has 0 aliphatic heterocycles. The number of aromatic nitrogens is 1. The number of carbonyl (C=O) groups excluding carboxylic acids is 1. The Hall–Kier alpha value is -1.66. The summed E-state index contributed by atoms with van der Waals surface area (Å²) in [5.74, 6) is -0.0600. The van der Waals surface area contributed by atoms with Gasteiger partial charge in [0.05, 0.1) is 19.8 Å². The van der Waals surface area contributed by atoms with Gasteiger partial charge in [-0.3, -0.25) is 9.78 Å². The first kappa shape index (κ1) is 16.4. The van der Waals surface area contributed by atoms with Gasteiger partial charge >= 0.3 is 0 Å². The van der Waals surface area contributed by atoms with E-state index in [-0.39, 0.29) is 12.5 Å². The summed E-state index contributed by atoms with van der Waals surface area (Å²) in [5, 5.41) is 11.7. The molecule has 0 saturated carbocycles. The van der Waals surface area contributed by atoms with Crippen LogP contribution in [-0.4, -0.2) is 60.4 Å². The molecule has 0 aliphatic carbocycles. The first-order chi connectivity index (χ1) is 9.72. The number of hydrogen-bond donors (Lipinski definition) is 2. The third-order valence-electron chi connectivity index (χ3n) is 2.84. The topological polar surface area (TPSA) is 74.7 Å². The Morgan fingerprint density at radius 2 is 2.15 bits per heavy atom. The van der Waals surface area contributed by atoms with Gasteiger partial charge in [-0.2, -0.15) is 0 Å². The summed E-state index contributed by atoms with van der Waals surface area (Å²) >= 11 is 0. The minimum absolute atomic E-state index is 0.0256. The van der Waals surface area contributed by atoms with E-state index < -0.39 is 0 Å². The van der Waals surface area contributed by atoms with Crippen molar-refractivity contribution in [3.63, 3.8) is 0 Å². The Kier molecular flexibility index (Phi) is 7.60. The third-order valence-corrected chi connectivity index (χ3v) is 2.84. The maximum atomic E-state index is 12.2. The fourth-order valence-corrected chi connectivity index (χ4v) is 1.76. The SMILES string of the molecule is CCN(CC)C(=O)c1cc(NCCOCCO)ccn1. The first-order valence-corrected chi connectivity index (χ1v) is 6.90. The van der Waals surface area contributed by atoms with Gasteiger partial charge in [-0.05, 0) is 26.0 Å². The van der Waals surface area contributed by atoms with Gasteiger partial charge in [0.25, 0.3) is 5.91 Å². The quantitative estimate of drug-likeness (QED) is 0.660. The number of pyridine rings is 1. The van der Waals surface area contributed by atoms with Crippen molar-refractivity contribution in [1.29, 1.82) is 0 Å². The van der Waals surface area contributed by atoms with Crippen LogP contribution in [0.5, 0.6) is 0 Å². The molecule has 0 saturated heterocycles. The van der Waals surface area contributed by atoms with Crippen LogP contribution in [0, 0.1) is 0 Å². The van der Waals surface area contributed by atoms with Crippen LogP contribution in [0.3, 0.4) is 0 Å². The van der Waals surface area contributed by atoms with Crippen LogP contribution in [0.4, 0.5) is 5.69 Å². The van der Waals surface area contributed by atoms with Crippen LogP contribution in [0.15, 0.2) is 18.3 Å². The second-order valence-electron chi connectivity index (χ2n) is 4.17. The van der Waals surface area contributed by atoms with E-state index in [0.717, 1.165) is 5.69 Å². The largest absolute Gasteiger partial charge is 0.394 e. The van der Waals surface area contributed by atoms with Crippen molar-refractivity contribution < 1.29 is 14.6 Å². The van der Waals surface area contributed by atoms with Crippen molar-refractivity contribution in [3.8, 4) is 0 Å². The highest BCUT2D eigenvalue weighted by Crippen LogP contribution is 2.09. The molecular weight excluding hydrogens is 258 g/mol. The summed E-state index contributed by atoms with van der Waals surface area (Å²) < 4.78 is 5.15. The molecule has 1 amide bonds. The highest BCUT2D eigenvalue weighted by molar-refractivity contribution is 5.93. The average Bonchev–Trinajstić information content (AvgIpc) is 2.48. The van der Waals surface area contributed by atoms with E-state index in [1.54, 1.807) is 17.2 Å². The maximum absolute atomic E-state index is 12.2. The van der Waals surface area contributed by atoms with E-state index in [1.807, 2.05) is 19.9 Å². The van der Waals surface area contributed by atoms with E-state index in [9.17, 15) is 4.79 Å². The van der Waals surface area contributed by atoms with Crippen molar-refractivity contribution in [1.82, 2.24) is 9.88 Å². The monoisotopic (exact) mass is 281 g/mol. The summed E-state index contributed by atoms with van der Waals surface area (Å²) in [6.45, 7) is 6.71. The Morgan fingerprint density at radius 3 is 2.80 bits per heavy atom. The number of carbonyl (C=O) groups is 1. The fraction of sp³-hybridized carbons (Fsp3) is 0.571. The van der Waals surface area contributed by atoms with Crippen molar-refractivity contribution in [2.24, 2.45) is 0 Å². The van der Waals surface area contributed by atoms with E-state index in [0.29, 0.717) is 38.5 Å². The molecule has 0 unspecified atom stereocenters. The molecule has 1 aromatic rings. The van der Waals surface area contributed by atoms with Crippen molar-refractivity contribution in [3.05, 3.63) is 24.0 Å². The molecule has 0 aliphatic rings. The maximum Gasteiger partial charge on any atom is 0.272 e. The summed E-state index contributed by atoms with van der Waals surface area (Å²) in [6.07, 6.45) is 1.62. The van der Waals surface area contributed by atoms with Gasteiger partial charge in [0.15, 0.2) is 0 Å². The number of aliphatic hydroxyl groups excluding tert-OH is 1. The minimum Gasteiger partial charge on any atom is -0.394 e. The molecule has 0 radical (unpaired) electrons. The van der Waals surface area contributed by atoms with Crippen LogP contribution in [-0.2, 0) is 4.74 Å². The summed E-state index contributed by atoms with van der Waals surface area (Å²) in [7, 11) is 0. The predicted octanol–water partition coefficient (Wildman–Crippen LogP) is 0.984. The summed E-state index contributed by atoms with van der Waals surface area (Å²) in [4.78, 5) is 18.0. The van der Waals surface area contributed by atoms with Crippen molar-refractivity contribution >= 4 is 11.6 Å². The molecule has 0 spiro atoms. The zero-order valence-electron chi connectivity index (χ0n) is 12.1. The lowest BCUT2D eigenvalue weighted by atomic mass is 10.2. The minimum atomic E-state index is -0.0600. The van der Waals surface area contributed by atoms with Gasteiger partial charge < -0.3 is 20.1 Å². The van der Waals surface area contributed by atoms with Gasteiger partial charge in [-0.25, -0.2) is 0 Å². The molecule has 0 atom stereocenters. The molecule has 1 rings (SSSR count). The number of anilines is 1. The summed E-state index contributed by atoms with van der Waals surface area (Å²) in [5.41, 5.74) is 1.28. The van der Waals surface area contributed by atoms with Gasteiger partial charge in [-0.1, -0.05) is 0 Å². The molecule has 0 bridgehead atoms. The molecule has 0 aromatic carbocycles. The smallest absolute Gasteiger partial charge is 0.272 e. The first-order valence-electron chi connectivity index (χ1n) is 6.90. The number of hydrogen-bond acceptors (Lipinski definition) is 5. The molecule has 20 heavy (non-hydrogen) atoms. The molecular formula is C14H23N3O3. The Bertz CT molecular complexity index is 408. The number of ether oxygens (including phenoxy) is 1. The molecule has 0 fully saturated rings. The van der Waals surface area contributed by atoms with Gasteiger partial charge in [0, 0.05) is 31.5 Å². The van der Waals surface area contributed by atoms with E-state index in [1.165, 1.54) is 0 Å². The lowest BCUT2D eigenvalue weighted by Crippen LogP contribution is -2.31. The molecule has 1 heterocycles. The number of amides is 1. The summed E-state index contributed by atoms with van der Waals surface area (Å²) in [6, 6.07) is 3.55. The highest BCUT2D eigenvalue weighted by atomic mass is 16.5. The van der Waals surface area contributed by atoms with Crippen molar-refractivity contribution in [2.45, 2.75) is 13.8 Å². The molecule has 6 heteroatoms. The lowest BCUT2D eigenvalue weighted by molar-refractivity contribution is 0.0767. The van der Waals surface area contributed by atoms with Crippen LogP contribution < -0.4 is 5.32 Å². The molecule has 1 aromatic heterocycles. The number of nitrogens with zero attached hydrogens (tertiary/aromatic N) is 2. The second kappa shape index (κ2) is 9.28. The Labute approximate surface area is 119 Å². The van der Waals surface area contributed by atoms with Gasteiger partial charge in [0.2, 0.25) is 0 Å². The molecule has 2 N–H and O–H groups in total. The van der Waals surface area contributed by atoms with Crippen LogP contribution in [0.2, 0.25) is 0 Å². The zero-order valence-corrected chi connectivity index (χ0v) is 12.1. The fourth-order valence-electron chi connectivity index (χ4n) is 1.76. The van der Waals surface area contributed by atoms with Crippen LogP contribution in [0.25, 0.3) is 0 Å². The Balaban J connectivity index is 2.55. The van der Waals surface area contributed by atoms with Crippen molar-refractivity contribution in [2.75, 3.05) is 44.8 Å². The van der Waals surface area contributed by atoms with E-state index in [4.69, 9.17) is 9.84 Å². The van der Waals surface area contributed by atoms with E-state index >= 15 is 0 Å². The highest BCUT2D eigenvalue weighted by Gasteiger charge is 2.13. The average molecular weight is 281 g/mol. The number of aliphatic hydroxyl groups is 1. The number of rotatable bonds is 9. The Morgan fingerprint density at radius 1 is 1.40 bits per heavy atom. The van der Waals surface area contributed by atoms with Crippen LogP contribution in [0.1, 0.15) is 24.3 Å². The predicted molar refractivity (Wildman–Crippen MR) is 77.9 cm³/mol. The number of nitrogens with one attached hydrogen (secondary N) is 1. The van der Waals surface area contributed by atoms with Crippen LogP contribution >= 0.6 is 0 Å². The van der Waals surface area contributed by atoms with Gasteiger partial charge in [0.1, 0.15) is 5.69 Å². The molecule has 6 nitrogen and oxygen atoms in total. The molecule has 112 valence electrons. The van der Waals surface area contributed by atoms with E-state index in [2.05, 4.69) is 10.3 Å². The lowest BCUT2D eigenvalue weighted by Gasteiger charge is -2.18. The third kappa shape index (κ3) is 5.14. The standard InChI is InChI=1S/C14H23N3O3/c1-3-17(4-2)14(19)13-11-12(5-6-16-13)15-7-9-20-10-8-18/h5-6,11,18H,3-4,7-10H2,1-2H3,(H,15,16). The zero-order chi connectivity index (χ0) is 14.8.